The molecule has 2 fully saturated rings. The lowest BCUT2D eigenvalue weighted by Crippen LogP contribution is -2.45. The van der Waals surface area contributed by atoms with Crippen molar-refractivity contribution in [1.82, 2.24) is 15.1 Å². The van der Waals surface area contributed by atoms with E-state index < -0.39 is 0 Å². The van der Waals surface area contributed by atoms with Crippen LogP contribution in [0.15, 0.2) is 0 Å². The summed E-state index contributed by atoms with van der Waals surface area (Å²) in [7, 11) is 0. The van der Waals surface area contributed by atoms with Crippen LogP contribution in [0.3, 0.4) is 0 Å². The van der Waals surface area contributed by atoms with E-state index in [2.05, 4.69) is 10.2 Å². The zero-order valence-electron chi connectivity index (χ0n) is 7.86. The summed E-state index contributed by atoms with van der Waals surface area (Å²) < 4.78 is 5.18. The van der Waals surface area contributed by atoms with Crippen LogP contribution < -0.4 is 5.32 Å². The Balaban J connectivity index is 1.84. The molecule has 2 heterocycles. The number of ether oxygens (including phenoxy) is 1. The van der Waals surface area contributed by atoms with Gasteiger partial charge in [0.25, 0.3) is 0 Å². The van der Waals surface area contributed by atoms with Gasteiger partial charge in [-0.3, -0.25) is 15.0 Å². The number of morpholine rings is 1. The van der Waals surface area contributed by atoms with Crippen molar-refractivity contribution in [2.75, 3.05) is 39.5 Å². The Morgan fingerprint density at radius 3 is 2.57 bits per heavy atom. The zero-order chi connectivity index (χ0) is 9.97. The van der Waals surface area contributed by atoms with E-state index in [0.717, 1.165) is 13.1 Å². The van der Waals surface area contributed by atoms with E-state index in [0.29, 0.717) is 19.9 Å². The van der Waals surface area contributed by atoms with E-state index in [4.69, 9.17) is 4.74 Å². The number of hydrogen-bond acceptors (Lipinski definition) is 4. The average molecular weight is 199 g/mol. The highest BCUT2D eigenvalue weighted by Crippen LogP contribution is 2.03. The topological polar surface area (TPSA) is 61.9 Å². The van der Waals surface area contributed by atoms with Crippen LogP contribution in [0.2, 0.25) is 0 Å². The summed E-state index contributed by atoms with van der Waals surface area (Å²) in [5.74, 6) is -0.219. The third-order valence-corrected chi connectivity index (χ3v) is 2.34. The molecule has 6 nitrogen and oxygen atoms in total. The quantitative estimate of drug-likeness (QED) is 0.569. The van der Waals surface area contributed by atoms with Crippen molar-refractivity contribution in [3.05, 3.63) is 0 Å². The molecule has 0 atom stereocenters. The fourth-order valence-electron chi connectivity index (χ4n) is 1.58. The first kappa shape index (κ1) is 9.42. The molecule has 0 bridgehead atoms. The number of amides is 3. The van der Waals surface area contributed by atoms with Gasteiger partial charge in [0.15, 0.2) is 0 Å². The summed E-state index contributed by atoms with van der Waals surface area (Å²) in [5.41, 5.74) is 0. The fourth-order valence-corrected chi connectivity index (χ4v) is 1.58. The van der Waals surface area contributed by atoms with Gasteiger partial charge in [-0.25, -0.2) is 4.79 Å². The standard InChI is InChI=1S/C8H13N3O3/c12-7-5-11(8(13)9-7)6-10-1-3-14-4-2-10/h1-6H2,(H,9,12,13). The van der Waals surface area contributed by atoms with Crippen LogP contribution in [-0.4, -0.2) is 61.3 Å². The highest BCUT2D eigenvalue weighted by Gasteiger charge is 2.28. The molecule has 0 aromatic heterocycles. The molecule has 78 valence electrons. The first-order valence-electron chi connectivity index (χ1n) is 4.64. The van der Waals surface area contributed by atoms with Crippen LogP contribution in [-0.2, 0) is 9.53 Å². The molecule has 0 saturated carbocycles. The molecule has 0 radical (unpaired) electrons. The second-order valence-electron chi connectivity index (χ2n) is 3.42. The van der Waals surface area contributed by atoms with Crippen LogP contribution in [0.1, 0.15) is 0 Å². The number of nitrogens with zero attached hydrogens (tertiary/aromatic N) is 2. The number of imide groups is 1. The van der Waals surface area contributed by atoms with Crippen molar-refractivity contribution < 1.29 is 14.3 Å². The molecule has 2 aliphatic rings. The number of nitrogens with one attached hydrogen (secondary N) is 1. The molecule has 14 heavy (non-hydrogen) atoms. The molecular weight excluding hydrogens is 186 g/mol. The molecule has 0 aromatic rings. The maximum absolute atomic E-state index is 11.2. The third kappa shape index (κ3) is 2.02. The normalized spacial score (nSPS) is 24.1. The highest BCUT2D eigenvalue weighted by molar-refractivity contribution is 6.01. The first-order chi connectivity index (χ1) is 6.75. The Morgan fingerprint density at radius 1 is 1.29 bits per heavy atom. The van der Waals surface area contributed by atoms with Gasteiger partial charge in [-0.2, -0.15) is 0 Å². The number of urea groups is 1. The SMILES string of the molecule is O=C1CN(CN2CCOCC2)C(=O)N1. The van der Waals surface area contributed by atoms with Gasteiger partial charge in [-0.1, -0.05) is 0 Å². The minimum Gasteiger partial charge on any atom is -0.379 e. The van der Waals surface area contributed by atoms with Crippen LogP contribution in [0, 0.1) is 0 Å². The lowest BCUT2D eigenvalue weighted by molar-refractivity contribution is -0.118. The van der Waals surface area contributed by atoms with Crippen molar-refractivity contribution in [2.24, 2.45) is 0 Å². The molecule has 2 saturated heterocycles. The molecule has 2 aliphatic heterocycles. The summed E-state index contributed by atoms with van der Waals surface area (Å²) in [6.07, 6.45) is 0. The van der Waals surface area contributed by atoms with Crippen molar-refractivity contribution >= 4 is 11.9 Å². The second kappa shape index (κ2) is 3.93. The Hall–Kier alpha value is -1.14. The maximum atomic E-state index is 11.2. The first-order valence-corrected chi connectivity index (χ1v) is 4.64. The van der Waals surface area contributed by atoms with E-state index in [1.807, 2.05) is 0 Å². The predicted octanol–water partition coefficient (Wildman–Crippen LogP) is -1.17. The minimum atomic E-state index is -0.290. The molecular formula is C8H13N3O3. The summed E-state index contributed by atoms with van der Waals surface area (Å²) in [6, 6.07) is -0.290. The minimum absolute atomic E-state index is 0.177. The Morgan fingerprint density at radius 2 is 2.00 bits per heavy atom. The van der Waals surface area contributed by atoms with E-state index in [1.165, 1.54) is 4.90 Å². The van der Waals surface area contributed by atoms with Gasteiger partial charge in [0.1, 0.15) is 6.54 Å². The van der Waals surface area contributed by atoms with Gasteiger partial charge >= 0.3 is 6.03 Å². The van der Waals surface area contributed by atoms with Gasteiger partial charge in [-0.05, 0) is 0 Å². The summed E-state index contributed by atoms with van der Waals surface area (Å²) in [4.78, 5) is 25.7. The second-order valence-corrected chi connectivity index (χ2v) is 3.42. The summed E-state index contributed by atoms with van der Waals surface area (Å²) >= 11 is 0. The van der Waals surface area contributed by atoms with E-state index in [-0.39, 0.29) is 18.5 Å². The highest BCUT2D eigenvalue weighted by atomic mass is 16.5. The van der Waals surface area contributed by atoms with Gasteiger partial charge in [-0.15, -0.1) is 0 Å². The van der Waals surface area contributed by atoms with Gasteiger partial charge in [0.05, 0.1) is 19.9 Å². The number of carbonyl (C=O) groups is 2. The number of hydrogen-bond donors (Lipinski definition) is 1. The predicted molar refractivity (Wildman–Crippen MR) is 47.5 cm³/mol. The van der Waals surface area contributed by atoms with E-state index in [1.54, 1.807) is 0 Å². The largest absolute Gasteiger partial charge is 0.379 e. The van der Waals surface area contributed by atoms with Crippen molar-refractivity contribution in [3.63, 3.8) is 0 Å². The lowest BCUT2D eigenvalue weighted by atomic mass is 10.4. The van der Waals surface area contributed by atoms with Crippen LogP contribution in [0.5, 0.6) is 0 Å². The van der Waals surface area contributed by atoms with Gasteiger partial charge in [0.2, 0.25) is 5.91 Å². The molecule has 2 rings (SSSR count). The molecule has 0 unspecified atom stereocenters. The molecule has 3 amide bonds. The Bertz CT molecular complexity index is 250. The maximum Gasteiger partial charge on any atom is 0.325 e. The van der Waals surface area contributed by atoms with Crippen molar-refractivity contribution in [2.45, 2.75) is 0 Å². The Labute approximate surface area is 81.8 Å². The van der Waals surface area contributed by atoms with Crippen molar-refractivity contribution in [1.29, 1.82) is 0 Å². The molecule has 0 aromatic carbocycles. The number of rotatable bonds is 2. The smallest absolute Gasteiger partial charge is 0.325 e. The molecule has 1 N–H and O–H groups in total. The van der Waals surface area contributed by atoms with Crippen molar-refractivity contribution in [3.8, 4) is 0 Å². The summed E-state index contributed by atoms with van der Waals surface area (Å²) in [6.45, 7) is 3.72. The van der Waals surface area contributed by atoms with Crippen LogP contribution >= 0.6 is 0 Å². The molecule has 0 aliphatic carbocycles. The van der Waals surface area contributed by atoms with E-state index in [9.17, 15) is 9.59 Å². The third-order valence-electron chi connectivity index (χ3n) is 2.34. The zero-order valence-corrected chi connectivity index (χ0v) is 7.86. The van der Waals surface area contributed by atoms with Crippen LogP contribution in [0.4, 0.5) is 4.79 Å². The Kier molecular flexibility index (Phi) is 2.64. The molecule has 6 heteroatoms. The lowest BCUT2D eigenvalue weighted by Gasteiger charge is -2.29. The van der Waals surface area contributed by atoms with E-state index >= 15 is 0 Å². The van der Waals surface area contributed by atoms with Crippen LogP contribution in [0.25, 0.3) is 0 Å². The number of carbonyl (C=O) groups excluding carboxylic acids is 2. The summed E-state index contributed by atoms with van der Waals surface area (Å²) in [5, 5.41) is 2.25. The fraction of sp³-hybridized carbons (Fsp3) is 0.750. The van der Waals surface area contributed by atoms with Gasteiger partial charge in [0, 0.05) is 13.1 Å². The van der Waals surface area contributed by atoms with Gasteiger partial charge < -0.3 is 9.64 Å². The monoisotopic (exact) mass is 199 g/mol. The average Bonchev–Trinajstić information content (AvgIpc) is 2.47. The molecule has 0 spiro atoms.